The Morgan fingerprint density at radius 1 is 1.33 bits per heavy atom. The molecule has 0 amide bonds. The van der Waals surface area contributed by atoms with E-state index in [2.05, 4.69) is 32.0 Å². The van der Waals surface area contributed by atoms with Crippen LogP contribution in [0.2, 0.25) is 0 Å². The molecule has 1 unspecified atom stereocenters. The van der Waals surface area contributed by atoms with Crippen LogP contribution in [0.3, 0.4) is 0 Å². The highest BCUT2D eigenvalue weighted by atomic mass is 19.1. The van der Waals surface area contributed by atoms with Gasteiger partial charge in [-0.25, -0.2) is 4.39 Å². The van der Waals surface area contributed by atoms with Gasteiger partial charge in [-0.05, 0) is 56.4 Å². The largest absolute Gasteiger partial charge is 0.493 e. The van der Waals surface area contributed by atoms with E-state index in [1.807, 2.05) is 26.0 Å². The zero-order chi connectivity index (χ0) is 20.6. The predicted octanol–water partition coefficient (Wildman–Crippen LogP) is 6.35. The fourth-order valence-electron chi connectivity index (χ4n) is 3.17. The molecule has 1 heterocycles. The summed E-state index contributed by atoms with van der Waals surface area (Å²) in [5.41, 5.74) is 2.67. The number of fused-ring (bicyclic) bond motifs is 1. The van der Waals surface area contributed by atoms with Crippen LogP contribution < -0.4 is 4.74 Å². The third-order valence-corrected chi connectivity index (χ3v) is 4.38. The molecule has 3 nitrogen and oxygen atoms in total. The molecule has 0 spiro atoms. The van der Waals surface area contributed by atoms with Crippen LogP contribution in [0.15, 0.2) is 54.5 Å². The summed E-state index contributed by atoms with van der Waals surface area (Å²) in [4.78, 5) is 17.2. The minimum atomic E-state index is -0.665. The Kier molecular flexibility index (Phi) is 8.86. The van der Waals surface area contributed by atoms with Gasteiger partial charge in [-0.1, -0.05) is 32.6 Å². The summed E-state index contributed by atoms with van der Waals surface area (Å²) >= 11 is 0. The predicted molar refractivity (Wildman–Crippen MR) is 112 cm³/mol. The van der Waals surface area contributed by atoms with Crippen LogP contribution in [-0.2, 0) is 0 Å². The Morgan fingerprint density at radius 2 is 1.96 bits per heavy atom. The van der Waals surface area contributed by atoms with Gasteiger partial charge < -0.3 is 4.74 Å². The molecule has 27 heavy (non-hydrogen) atoms. The first-order chi connectivity index (χ1) is 12.8. The van der Waals surface area contributed by atoms with Crippen LogP contribution in [0.1, 0.15) is 61.5 Å². The molecule has 2 rings (SSSR count). The van der Waals surface area contributed by atoms with Crippen LogP contribution in [0.25, 0.3) is 0 Å². The maximum absolute atomic E-state index is 14.2. The molecule has 146 valence electrons. The quantitative estimate of drug-likeness (QED) is 0.457. The molecule has 4 heteroatoms. The highest BCUT2D eigenvalue weighted by molar-refractivity contribution is 6.19. The summed E-state index contributed by atoms with van der Waals surface area (Å²) in [6.07, 6.45) is 4.73. The number of halogens is 1. The lowest BCUT2D eigenvalue weighted by molar-refractivity contribution is 0.0951. The van der Waals surface area contributed by atoms with Gasteiger partial charge in [0.1, 0.15) is 11.6 Å². The van der Waals surface area contributed by atoms with Crippen LogP contribution in [0.4, 0.5) is 4.39 Å². The Morgan fingerprint density at radius 3 is 2.48 bits per heavy atom. The second kappa shape index (κ2) is 10.6. The van der Waals surface area contributed by atoms with Crippen molar-refractivity contribution in [2.24, 2.45) is 10.9 Å². The van der Waals surface area contributed by atoms with Crippen LogP contribution in [0.5, 0.6) is 5.75 Å². The van der Waals surface area contributed by atoms with Crippen molar-refractivity contribution in [1.29, 1.82) is 0 Å². The zero-order valence-corrected chi connectivity index (χ0v) is 17.0. The van der Waals surface area contributed by atoms with Crippen molar-refractivity contribution in [3.05, 3.63) is 66.2 Å². The average Bonchev–Trinajstić information content (AvgIpc) is 2.79. The molecule has 0 radical (unpaired) electrons. The van der Waals surface area contributed by atoms with Crippen molar-refractivity contribution in [3.8, 4) is 5.75 Å². The summed E-state index contributed by atoms with van der Waals surface area (Å²) in [5.74, 6) is -0.433. The number of allylic oxidation sites excluding steroid dienone is 3. The second-order valence-electron chi connectivity index (χ2n) is 6.60. The van der Waals surface area contributed by atoms with E-state index < -0.39 is 11.7 Å². The number of rotatable bonds is 4. The maximum Gasteiger partial charge on any atom is 0.176 e. The van der Waals surface area contributed by atoms with Gasteiger partial charge >= 0.3 is 0 Å². The van der Waals surface area contributed by atoms with E-state index in [0.717, 1.165) is 11.1 Å². The number of Topliss-reactive ketones (excluding diaryl/α,β-unsaturated/α-hetero) is 1. The Labute approximate surface area is 162 Å². The lowest BCUT2D eigenvalue weighted by atomic mass is 9.85. The number of aliphatic imine (C=N–C) groups is 1. The first kappa shape index (κ1) is 22.6. The van der Waals surface area contributed by atoms with E-state index in [9.17, 15) is 9.18 Å². The molecule has 1 aromatic rings. The average molecular weight is 371 g/mol. The third-order valence-electron chi connectivity index (χ3n) is 4.38. The Balaban J connectivity index is 0.00000114. The molecule has 0 saturated heterocycles. The van der Waals surface area contributed by atoms with Crippen molar-refractivity contribution in [2.75, 3.05) is 6.61 Å². The first-order valence-corrected chi connectivity index (χ1v) is 9.22. The molecular formula is C23H30FNO2. The van der Waals surface area contributed by atoms with E-state index in [0.29, 0.717) is 30.3 Å². The molecule has 1 aliphatic rings. The van der Waals surface area contributed by atoms with Crippen LogP contribution in [-0.4, -0.2) is 18.1 Å². The van der Waals surface area contributed by atoms with Crippen molar-refractivity contribution in [3.63, 3.8) is 0 Å². The van der Waals surface area contributed by atoms with Gasteiger partial charge in [-0.3, -0.25) is 9.79 Å². The molecule has 1 aliphatic heterocycles. The fraction of sp³-hybridized carbons (Fsp3) is 0.391. The van der Waals surface area contributed by atoms with Gasteiger partial charge in [-0.2, -0.15) is 0 Å². The Bertz CT molecular complexity index is 760. The number of hydrogen-bond acceptors (Lipinski definition) is 3. The van der Waals surface area contributed by atoms with Gasteiger partial charge in [0.25, 0.3) is 0 Å². The number of hydrogen-bond donors (Lipinski definition) is 0. The number of ketones is 1. The third kappa shape index (κ3) is 5.25. The van der Waals surface area contributed by atoms with Gasteiger partial charge in [0.15, 0.2) is 5.78 Å². The second-order valence-corrected chi connectivity index (χ2v) is 6.60. The fourth-order valence-corrected chi connectivity index (χ4v) is 3.17. The summed E-state index contributed by atoms with van der Waals surface area (Å²) in [6.45, 7) is 16.8. The maximum atomic E-state index is 14.2. The van der Waals surface area contributed by atoms with Crippen molar-refractivity contribution >= 4 is 11.5 Å². The smallest absolute Gasteiger partial charge is 0.176 e. The van der Waals surface area contributed by atoms with E-state index in [4.69, 9.17) is 4.74 Å². The van der Waals surface area contributed by atoms with E-state index in [1.54, 1.807) is 13.0 Å². The zero-order valence-electron chi connectivity index (χ0n) is 17.0. The monoisotopic (exact) mass is 371 g/mol. The van der Waals surface area contributed by atoms with E-state index in [1.165, 1.54) is 12.3 Å². The molecule has 0 aliphatic carbocycles. The molecular weight excluding hydrogens is 341 g/mol. The number of nitrogens with zero attached hydrogens (tertiary/aromatic N) is 1. The first-order valence-electron chi connectivity index (χ1n) is 9.22. The summed E-state index contributed by atoms with van der Waals surface area (Å²) in [5, 5.41) is 0. The van der Waals surface area contributed by atoms with E-state index >= 15 is 0 Å². The number of carbonyl (C=O) groups excluding carboxylic acids is 1. The van der Waals surface area contributed by atoms with E-state index in [-0.39, 0.29) is 11.5 Å². The lowest BCUT2D eigenvalue weighted by Gasteiger charge is -2.18. The van der Waals surface area contributed by atoms with Gasteiger partial charge in [-0.15, -0.1) is 6.58 Å². The SMILES string of the molecule is C=CC.C=CN=C(/C(F)=C\C)C1CCOc2ccc(C(C)C)c(C)c2C1=O. The van der Waals surface area contributed by atoms with Crippen LogP contribution in [0, 0.1) is 12.8 Å². The lowest BCUT2D eigenvalue weighted by Crippen LogP contribution is -2.25. The topological polar surface area (TPSA) is 38.7 Å². The molecule has 0 bridgehead atoms. The van der Waals surface area contributed by atoms with Gasteiger partial charge in [0.2, 0.25) is 0 Å². The van der Waals surface area contributed by atoms with Crippen molar-refractivity contribution in [1.82, 2.24) is 0 Å². The number of carbonyl (C=O) groups is 1. The van der Waals surface area contributed by atoms with Gasteiger partial charge in [0, 0.05) is 6.20 Å². The molecule has 1 atom stereocenters. The molecule has 1 aromatic carbocycles. The molecule has 0 saturated carbocycles. The number of ether oxygens (including phenoxy) is 1. The summed E-state index contributed by atoms with van der Waals surface area (Å²) in [7, 11) is 0. The molecule has 0 aromatic heterocycles. The molecule has 0 N–H and O–H groups in total. The Hall–Kier alpha value is -2.49. The van der Waals surface area contributed by atoms with Crippen molar-refractivity contribution in [2.45, 2.75) is 47.0 Å². The normalized spacial score (nSPS) is 17.3. The summed E-state index contributed by atoms with van der Waals surface area (Å²) < 4.78 is 20.0. The highest BCUT2D eigenvalue weighted by Crippen LogP contribution is 2.35. The van der Waals surface area contributed by atoms with Crippen LogP contribution >= 0.6 is 0 Å². The highest BCUT2D eigenvalue weighted by Gasteiger charge is 2.33. The standard InChI is InChI=1S/C20H24FNO2.C3H6/c1-6-16(21)19(22-7-2)15-10-11-24-17-9-8-14(12(3)4)13(5)18(17)20(15)23;1-3-2/h6-9,12,15H,2,10-11H2,1,3-5H3;3H,1H2,2H3/b16-6+,22-19?;. The minimum absolute atomic E-state index is 0.128. The molecule has 0 fully saturated rings. The minimum Gasteiger partial charge on any atom is -0.493 e. The number of benzene rings is 1. The van der Waals surface area contributed by atoms with Gasteiger partial charge in [0.05, 0.1) is 23.8 Å². The van der Waals surface area contributed by atoms with Crippen molar-refractivity contribution < 1.29 is 13.9 Å². The summed E-state index contributed by atoms with van der Waals surface area (Å²) in [6, 6.07) is 3.84.